The number of likely N-dealkylation sites (N-methyl/N-ethyl adjacent to an activating group) is 1. The topological polar surface area (TPSA) is 77.0 Å². The zero-order chi connectivity index (χ0) is 23.5. The van der Waals surface area contributed by atoms with Gasteiger partial charge < -0.3 is 20.4 Å². The van der Waals surface area contributed by atoms with Crippen molar-refractivity contribution >= 4 is 40.2 Å². The minimum absolute atomic E-state index is 0.0495. The Morgan fingerprint density at radius 1 is 1.09 bits per heavy atom. The van der Waals surface area contributed by atoms with E-state index in [1.54, 1.807) is 30.8 Å². The molecule has 33 heavy (non-hydrogen) atoms. The average Bonchev–Trinajstić information content (AvgIpc) is 2.79. The molecule has 2 aliphatic rings. The molecule has 2 heterocycles. The molecule has 0 aromatic heterocycles. The zero-order valence-electron chi connectivity index (χ0n) is 19.4. The number of nitrogens with zero attached hydrogens (tertiary/aromatic N) is 3. The number of anilines is 2. The number of hydrogen-bond donors (Lipinski definition) is 2. The summed E-state index contributed by atoms with van der Waals surface area (Å²) < 4.78 is 0. The summed E-state index contributed by atoms with van der Waals surface area (Å²) in [7, 11) is 3.52. The number of amidine groups is 1. The third-order valence-corrected chi connectivity index (χ3v) is 6.83. The van der Waals surface area contributed by atoms with Crippen LogP contribution in [0.3, 0.4) is 0 Å². The highest BCUT2D eigenvalue weighted by atomic mass is 32.2. The minimum Gasteiger partial charge on any atom is -0.345 e. The Kier molecular flexibility index (Phi) is 6.74. The summed E-state index contributed by atoms with van der Waals surface area (Å²) in [5, 5.41) is 6.78. The molecule has 1 unspecified atom stereocenters. The Morgan fingerprint density at radius 3 is 2.64 bits per heavy atom. The molecule has 0 radical (unpaired) electrons. The fraction of sp³-hybridized carbons (Fsp3) is 0.320. The smallest absolute Gasteiger partial charge is 0.323 e. The molecule has 172 valence electrons. The van der Waals surface area contributed by atoms with Crippen LogP contribution < -0.4 is 10.6 Å². The fourth-order valence-electron chi connectivity index (χ4n) is 4.11. The van der Waals surface area contributed by atoms with Gasteiger partial charge in [-0.15, -0.1) is 0 Å². The molecule has 3 amide bonds. The second-order valence-corrected chi connectivity index (χ2v) is 9.47. The van der Waals surface area contributed by atoms with Crippen molar-refractivity contribution in [1.29, 1.82) is 0 Å². The van der Waals surface area contributed by atoms with Crippen LogP contribution in [-0.4, -0.2) is 53.3 Å². The van der Waals surface area contributed by atoms with Gasteiger partial charge in [-0.05, 0) is 49.6 Å². The summed E-state index contributed by atoms with van der Waals surface area (Å²) in [5.41, 5.74) is 4.79. The Hall–Kier alpha value is -3.26. The zero-order valence-corrected chi connectivity index (χ0v) is 20.2. The number of hydrogen-bond acceptors (Lipinski definition) is 5. The van der Waals surface area contributed by atoms with Gasteiger partial charge in [-0.2, -0.15) is 0 Å². The summed E-state index contributed by atoms with van der Waals surface area (Å²) in [6.07, 6.45) is 1.03. The molecule has 1 atom stereocenters. The van der Waals surface area contributed by atoms with Gasteiger partial charge in [0.05, 0.1) is 17.3 Å². The standard InChI is InChI=1S/C25H29N5O2S/c1-16-9-5-6-12-20(16)28-24(32)27-19-11-7-10-18(15-19)22-21(23(31)29(3)4)17(2)26-25-30(22)13-8-14-33-25/h5-7,9-12,15,22H,8,13-14H2,1-4H3,(H2,27,28,32). The molecular weight excluding hydrogens is 434 g/mol. The first-order valence-corrected chi connectivity index (χ1v) is 12.0. The molecule has 7 nitrogen and oxygen atoms in total. The number of rotatable bonds is 4. The van der Waals surface area contributed by atoms with Crippen LogP contribution in [0.4, 0.5) is 16.2 Å². The van der Waals surface area contributed by atoms with E-state index in [0.717, 1.165) is 46.4 Å². The lowest BCUT2D eigenvalue weighted by Gasteiger charge is -2.41. The van der Waals surface area contributed by atoms with Gasteiger partial charge in [0, 0.05) is 37.8 Å². The highest BCUT2D eigenvalue weighted by Gasteiger charge is 2.37. The van der Waals surface area contributed by atoms with Gasteiger partial charge >= 0.3 is 6.03 Å². The van der Waals surface area contributed by atoms with Gasteiger partial charge in [-0.1, -0.05) is 42.1 Å². The molecule has 2 N–H and O–H groups in total. The van der Waals surface area contributed by atoms with Crippen LogP contribution in [0, 0.1) is 6.92 Å². The molecule has 1 fully saturated rings. The molecule has 8 heteroatoms. The van der Waals surface area contributed by atoms with Crippen molar-refractivity contribution in [2.45, 2.75) is 26.3 Å². The normalized spacial score (nSPS) is 17.8. The van der Waals surface area contributed by atoms with Crippen molar-refractivity contribution in [3.8, 4) is 0 Å². The highest BCUT2D eigenvalue weighted by Crippen LogP contribution is 2.40. The van der Waals surface area contributed by atoms with Crippen molar-refractivity contribution in [2.24, 2.45) is 4.99 Å². The maximum absolute atomic E-state index is 13.1. The van der Waals surface area contributed by atoms with E-state index >= 15 is 0 Å². The van der Waals surface area contributed by atoms with E-state index in [9.17, 15) is 9.59 Å². The number of benzene rings is 2. The summed E-state index contributed by atoms with van der Waals surface area (Å²) in [6.45, 7) is 4.69. The number of nitrogens with one attached hydrogen (secondary N) is 2. The van der Waals surface area contributed by atoms with E-state index in [-0.39, 0.29) is 18.0 Å². The lowest BCUT2D eigenvalue weighted by molar-refractivity contribution is -0.125. The molecule has 0 spiro atoms. The van der Waals surface area contributed by atoms with Crippen LogP contribution in [0.1, 0.15) is 30.5 Å². The first-order valence-electron chi connectivity index (χ1n) is 11.0. The predicted octanol–water partition coefficient (Wildman–Crippen LogP) is 4.85. The van der Waals surface area contributed by atoms with Crippen LogP contribution >= 0.6 is 11.8 Å². The fourth-order valence-corrected chi connectivity index (χ4v) is 5.13. The van der Waals surface area contributed by atoms with Crippen LogP contribution in [0.25, 0.3) is 0 Å². The SMILES string of the molecule is CC1=C(C(=O)N(C)C)C(c2cccc(NC(=O)Nc3ccccc3C)c2)N2CCCSC2=N1. The first-order chi connectivity index (χ1) is 15.8. The van der Waals surface area contributed by atoms with Crippen LogP contribution in [0.15, 0.2) is 64.8 Å². The van der Waals surface area contributed by atoms with E-state index < -0.39 is 0 Å². The average molecular weight is 464 g/mol. The van der Waals surface area contributed by atoms with Gasteiger partial charge in [0.15, 0.2) is 5.17 Å². The maximum atomic E-state index is 13.1. The maximum Gasteiger partial charge on any atom is 0.323 e. The Bertz CT molecular complexity index is 1140. The first kappa shape index (κ1) is 22.9. The van der Waals surface area contributed by atoms with Crippen molar-refractivity contribution in [2.75, 3.05) is 37.0 Å². The molecular formula is C25H29N5O2S. The quantitative estimate of drug-likeness (QED) is 0.680. The Labute approximate surface area is 198 Å². The Morgan fingerprint density at radius 2 is 1.88 bits per heavy atom. The van der Waals surface area contributed by atoms with Gasteiger partial charge in [-0.3, -0.25) is 4.79 Å². The summed E-state index contributed by atoms with van der Waals surface area (Å²) >= 11 is 1.73. The number of amides is 3. The molecule has 4 rings (SSSR count). The summed E-state index contributed by atoms with van der Waals surface area (Å²) in [5.74, 6) is 0.971. The van der Waals surface area contributed by atoms with Crippen molar-refractivity contribution in [3.63, 3.8) is 0 Å². The number of aliphatic imine (C=N–C) groups is 1. The molecule has 2 aliphatic heterocycles. The van der Waals surface area contributed by atoms with E-state index in [1.165, 1.54) is 0 Å². The van der Waals surface area contributed by atoms with Gasteiger partial charge in [0.25, 0.3) is 5.91 Å². The highest BCUT2D eigenvalue weighted by molar-refractivity contribution is 8.13. The number of fused-ring (bicyclic) bond motifs is 1. The molecule has 1 saturated heterocycles. The van der Waals surface area contributed by atoms with Gasteiger partial charge in [-0.25, -0.2) is 9.79 Å². The molecule has 0 saturated carbocycles. The lowest BCUT2D eigenvalue weighted by atomic mass is 9.93. The van der Waals surface area contributed by atoms with Crippen LogP contribution in [0.2, 0.25) is 0 Å². The second kappa shape index (κ2) is 9.70. The Balaban J connectivity index is 1.64. The number of allylic oxidation sites excluding steroid dienone is 1. The number of para-hydroxylation sites is 1. The monoisotopic (exact) mass is 463 g/mol. The van der Waals surface area contributed by atoms with E-state index in [0.29, 0.717) is 11.3 Å². The van der Waals surface area contributed by atoms with Crippen molar-refractivity contribution in [1.82, 2.24) is 9.80 Å². The summed E-state index contributed by atoms with van der Waals surface area (Å²) in [6, 6.07) is 14.8. The minimum atomic E-state index is -0.308. The third kappa shape index (κ3) is 4.90. The number of carbonyl (C=O) groups is 2. The predicted molar refractivity (Wildman–Crippen MR) is 136 cm³/mol. The van der Waals surface area contributed by atoms with Crippen molar-refractivity contribution in [3.05, 3.63) is 70.9 Å². The lowest BCUT2D eigenvalue weighted by Crippen LogP contribution is -2.43. The number of urea groups is 1. The van der Waals surface area contributed by atoms with Crippen LogP contribution in [0.5, 0.6) is 0 Å². The molecule has 0 bridgehead atoms. The van der Waals surface area contributed by atoms with Gasteiger partial charge in [0.2, 0.25) is 0 Å². The summed E-state index contributed by atoms with van der Waals surface area (Å²) in [4.78, 5) is 34.3. The number of carbonyl (C=O) groups excluding carboxylic acids is 2. The van der Waals surface area contributed by atoms with Crippen LogP contribution in [-0.2, 0) is 4.79 Å². The molecule has 2 aromatic carbocycles. The number of aryl methyl sites for hydroxylation is 1. The van der Waals surface area contributed by atoms with Crippen molar-refractivity contribution < 1.29 is 9.59 Å². The molecule has 0 aliphatic carbocycles. The van der Waals surface area contributed by atoms with E-state index in [1.807, 2.05) is 62.4 Å². The number of thioether (sulfide) groups is 1. The van der Waals surface area contributed by atoms with E-state index in [2.05, 4.69) is 15.5 Å². The second-order valence-electron chi connectivity index (χ2n) is 8.41. The largest absolute Gasteiger partial charge is 0.345 e. The van der Waals surface area contributed by atoms with E-state index in [4.69, 9.17) is 4.99 Å². The molecule has 2 aromatic rings. The van der Waals surface area contributed by atoms with Gasteiger partial charge in [0.1, 0.15) is 0 Å². The third-order valence-electron chi connectivity index (χ3n) is 5.75.